The minimum atomic E-state index is -0.757. The van der Waals surface area contributed by atoms with Gasteiger partial charge in [-0.15, -0.1) is 0 Å². The number of carboxylic acid groups (broad SMARTS) is 1. The molecule has 0 bridgehead atoms. The van der Waals surface area contributed by atoms with Crippen LogP contribution in [0.1, 0.15) is 18.9 Å². The highest BCUT2D eigenvalue weighted by Gasteiger charge is 2.16. The normalized spacial score (nSPS) is 12.4. The standard InChI is InChI=1S/C11H13ClO2/c1-2-8(11(13)14)7-9-5-3-4-6-10(9)12/h3-6,8H,2,7H2,1H3,(H,13,14)/t8-/m0/s1. The van der Waals surface area contributed by atoms with E-state index >= 15 is 0 Å². The fourth-order valence-corrected chi connectivity index (χ4v) is 1.55. The van der Waals surface area contributed by atoms with Gasteiger partial charge in [0.05, 0.1) is 5.92 Å². The predicted octanol–water partition coefficient (Wildman–Crippen LogP) is 2.99. The summed E-state index contributed by atoms with van der Waals surface area (Å²) in [6, 6.07) is 7.36. The number of carbonyl (C=O) groups is 1. The maximum absolute atomic E-state index is 10.8. The van der Waals surface area contributed by atoms with Crippen molar-refractivity contribution in [3.63, 3.8) is 0 Å². The molecule has 1 aromatic carbocycles. The van der Waals surface area contributed by atoms with E-state index in [2.05, 4.69) is 0 Å². The van der Waals surface area contributed by atoms with Gasteiger partial charge in [-0.3, -0.25) is 4.79 Å². The van der Waals surface area contributed by atoms with Gasteiger partial charge >= 0.3 is 5.97 Å². The lowest BCUT2D eigenvalue weighted by Crippen LogP contribution is -2.15. The van der Waals surface area contributed by atoms with Gasteiger partial charge < -0.3 is 5.11 Å². The molecular weight excluding hydrogens is 200 g/mol. The second-order valence-corrected chi connectivity index (χ2v) is 3.65. The van der Waals surface area contributed by atoms with Crippen molar-refractivity contribution in [3.8, 4) is 0 Å². The fraction of sp³-hybridized carbons (Fsp3) is 0.364. The fourth-order valence-electron chi connectivity index (χ4n) is 1.34. The van der Waals surface area contributed by atoms with Gasteiger partial charge in [0.15, 0.2) is 0 Å². The van der Waals surface area contributed by atoms with E-state index in [9.17, 15) is 4.79 Å². The first-order valence-electron chi connectivity index (χ1n) is 4.61. The molecule has 2 nitrogen and oxygen atoms in total. The summed E-state index contributed by atoms with van der Waals surface area (Å²) in [6.07, 6.45) is 1.13. The van der Waals surface area contributed by atoms with Gasteiger partial charge in [0.2, 0.25) is 0 Å². The van der Waals surface area contributed by atoms with Gasteiger partial charge in [0.1, 0.15) is 0 Å². The quantitative estimate of drug-likeness (QED) is 0.833. The van der Waals surface area contributed by atoms with Crippen LogP contribution in [0.4, 0.5) is 0 Å². The largest absolute Gasteiger partial charge is 0.481 e. The monoisotopic (exact) mass is 212 g/mol. The Morgan fingerprint density at radius 2 is 2.14 bits per heavy atom. The summed E-state index contributed by atoms with van der Waals surface area (Å²) in [4.78, 5) is 10.8. The van der Waals surface area contributed by atoms with Crippen molar-refractivity contribution in [3.05, 3.63) is 34.9 Å². The molecule has 1 rings (SSSR count). The maximum atomic E-state index is 10.8. The van der Waals surface area contributed by atoms with Crippen molar-refractivity contribution in [1.29, 1.82) is 0 Å². The molecule has 0 aliphatic heterocycles. The molecule has 0 aromatic heterocycles. The zero-order chi connectivity index (χ0) is 10.6. The van der Waals surface area contributed by atoms with E-state index < -0.39 is 5.97 Å². The van der Waals surface area contributed by atoms with E-state index in [1.165, 1.54) is 0 Å². The summed E-state index contributed by atoms with van der Waals surface area (Å²) >= 11 is 5.94. The van der Waals surface area contributed by atoms with Gasteiger partial charge in [0, 0.05) is 5.02 Å². The number of halogens is 1. The van der Waals surface area contributed by atoms with Gasteiger partial charge in [0.25, 0.3) is 0 Å². The Kier molecular flexibility index (Phi) is 3.96. The van der Waals surface area contributed by atoms with E-state index in [1.807, 2.05) is 25.1 Å². The van der Waals surface area contributed by atoms with Crippen LogP contribution in [0.25, 0.3) is 0 Å². The van der Waals surface area contributed by atoms with E-state index in [-0.39, 0.29) is 5.92 Å². The summed E-state index contributed by atoms with van der Waals surface area (Å²) < 4.78 is 0. The zero-order valence-electron chi connectivity index (χ0n) is 8.03. The molecule has 0 radical (unpaired) electrons. The molecule has 0 fully saturated rings. The molecule has 0 spiro atoms. The predicted molar refractivity (Wildman–Crippen MR) is 56.6 cm³/mol. The molecule has 1 N–H and O–H groups in total. The Balaban J connectivity index is 2.77. The molecule has 0 aliphatic carbocycles. The zero-order valence-corrected chi connectivity index (χ0v) is 8.79. The van der Waals surface area contributed by atoms with Crippen molar-refractivity contribution < 1.29 is 9.90 Å². The Bertz CT molecular complexity index is 323. The highest BCUT2D eigenvalue weighted by Crippen LogP contribution is 2.20. The maximum Gasteiger partial charge on any atom is 0.306 e. The summed E-state index contributed by atoms with van der Waals surface area (Å²) in [5, 5.41) is 9.53. The van der Waals surface area contributed by atoms with E-state index in [0.29, 0.717) is 17.9 Å². The topological polar surface area (TPSA) is 37.3 Å². The smallest absolute Gasteiger partial charge is 0.306 e. The Labute approximate surface area is 88.5 Å². The molecule has 0 aliphatic rings. The third kappa shape index (κ3) is 2.74. The van der Waals surface area contributed by atoms with Gasteiger partial charge in [-0.2, -0.15) is 0 Å². The lowest BCUT2D eigenvalue weighted by molar-refractivity contribution is -0.141. The average Bonchev–Trinajstić information content (AvgIpc) is 2.16. The summed E-state index contributed by atoms with van der Waals surface area (Å²) in [5.41, 5.74) is 0.906. The highest BCUT2D eigenvalue weighted by molar-refractivity contribution is 6.31. The van der Waals surface area contributed by atoms with Crippen LogP contribution >= 0.6 is 11.6 Å². The third-order valence-corrected chi connectivity index (χ3v) is 2.63. The van der Waals surface area contributed by atoms with Gasteiger partial charge in [-0.05, 0) is 24.5 Å². The summed E-state index contributed by atoms with van der Waals surface area (Å²) in [5.74, 6) is -1.10. The Morgan fingerprint density at radius 1 is 1.50 bits per heavy atom. The number of aliphatic carboxylic acids is 1. The molecule has 0 saturated heterocycles. The van der Waals surface area contributed by atoms with Crippen molar-refractivity contribution in [1.82, 2.24) is 0 Å². The van der Waals surface area contributed by atoms with E-state index in [1.54, 1.807) is 6.07 Å². The van der Waals surface area contributed by atoms with Crippen LogP contribution in [0.15, 0.2) is 24.3 Å². The van der Waals surface area contributed by atoms with Crippen molar-refractivity contribution in [2.24, 2.45) is 5.92 Å². The van der Waals surface area contributed by atoms with E-state index in [0.717, 1.165) is 5.56 Å². The first kappa shape index (κ1) is 11.1. The second kappa shape index (κ2) is 5.01. The molecule has 3 heteroatoms. The van der Waals surface area contributed by atoms with Crippen LogP contribution in [0, 0.1) is 5.92 Å². The molecular formula is C11H13ClO2. The first-order valence-corrected chi connectivity index (χ1v) is 4.99. The van der Waals surface area contributed by atoms with E-state index in [4.69, 9.17) is 16.7 Å². The van der Waals surface area contributed by atoms with Gasteiger partial charge in [-0.1, -0.05) is 36.7 Å². The molecule has 1 atom stereocenters. The SMILES string of the molecule is CC[C@@H](Cc1ccccc1Cl)C(=O)O. The molecule has 76 valence electrons. The average molecular weight is 213 g/mol. The molecule has 0 saturated carbocycles. The third-order valence-electron chi connectivity index (χ3n) is 2.27. The van der Waals surface area contributed by atoms with Crippen molar-refractivity contribution in [2.45, 2.75) is 19.8 Å². The lowest BCUT2D eigenvalue weighted by atomic mass is 9.97. The van der Waals surface area contributed by atoms with Crippen molar-refractivity contribution in [2.75, 3.05) is 0 Å². The molecule has 0 amide bonds. The molecule has 1 aromatic rings. The van der Waals surface area contributed by atoms with Crippen LogP contribution in [0.5, 0.6) is 0 Å². The van der Waals surface area contributed by atoms with Crippen molar-refractivity contribution >= 4 is 17.6 Å². The minimum absolute atomic E-state index is 0.338. The highest BCUT2D eigenvalue weighted by atomic mass is 35.5. The van der Waals surface area contributed by atoms with Crippen LogP contribution in [-0.4, -0.2) is 11.1 Å². The summed E-state index contributed by atoms with van der Waals surface area (Å²) in [7, 11) is 0. The molecule has 0 unspecified atom stereocenters. The lowest BCUT2D eigenvalue weighted by Gasteiger charge is -2.10. The second-order valence-electron chi connectivity index (χ2n) is 3.24. The molecule has 14 heavy (non-hydrogen) atoms. The Morgan fingerprint density at radius 3 is 2.64 bits per heavy atom. The van der Waals surface area contributed by atoms with Crippen LogP contribution in [0.3, 0.4) is 0 Å². The Hall–Kier alpha value is -1.02. The number of hydrogen-bond donors (Lipinski definition) is 1. The number of benzene rings is 1. The first-order chi connectivity index (χ1) is 6.65. The van der Waals surface area contributed by atoms with Crippen LogP contribution in [0.2, 0.25) is 5.02 Å². The summed E-state index contributed by atoms with van der Waals surface area (Å²) in [6.45, 7) is 1.87. The van der Waals surface area contributed by atoms with Crippen LogP contribution < -0.4 is 0 Å². The number of rotatable bonds is 4. The van der Waals surface area contributed by atoms with Gasteiger partial charge in [-0.25, -0.2) is 0 Å². The minimum Gasteiger partial charge on any atom is -0.481 e. The molecule has 0 heterocycles. The number of hydrogen-bond acceptors (Lipinski definition) is 1. The van der Waals surface area contributed by atoms with Crippen LogP contribution in [-0.2, 0) is 11.2 Å². The number of carboxylic acids is 1.